The number of oxazole rings is 1. The summed E-state index contributed by atoms with van der Waals surface area (Å²) in [5.74, 6) is 3.36. The van der Waals surface area contributed by atoms with Crippen molar-refractivity contribution in [3.63, 3.8) is 0 Å². The third-order valence-corrected chi connectivity index (χ3v) is 6.03. The van der Waals surface area contributed by atoms with Crippen molar-refractivity contribution in [1.82, 2.24) is 10.3 Å². The standard InChI is InChI=1S/C21H28N2O2S/c1-14-7-6-9-17(11-14)21-23-19(16(3)25-21)12-26-13-20(24)22-18-10-5-4-8-15(18)2/h6-7,9,11,15,18H,4-5,8,10,12-13H2,1-3H3,(H,22,24)/t15-,18-/m0/s1. The quantitative estimate of drug-likeness (QED) is 0.785. The second kappa shape index (κ2) is 8.76. The van der Waals surface area contributed by atoms with Crippen LogP contribution in [-0.4, -0.2) is 22.7 Å². The van der Waals surface area contributed by atoms with Crippen LogP contribution >= 0.6 is 11.8 Å². The van der Waals surface area contributed by atoms with Crippen LogP contribution < -0.4 is 5.32 Å². The first-order valence-corrected chi connectivity index (χ1v) is 10.6. The third-order valence-electron chi connectivity index (χ3n) is 5.09. The van der Waals surface area contributed by atoms with Crippen molar-refractivity contribution in [3.8, 4) is 11.5 Å². The summed E-state index contributed by atoms with van der Waals surface area (Å²) >= 11 is 1.60. The van der Waals surface area contributed by atoms with Crippen LogP contribution in [0.15, 0.2) is 28.7 Å². The molecule has 140 valence electrons. The predicted molar refractivity (Wildman–Crippen MR) is 107 cm³/mol. The molecule has 1 amide bonds. The molecule has 5 heteroatoms. The van der Waals surface area contributed by atoms with E-state index in [4.69, 9.17) is 4.42 Å². The van der Waals surface area contributed by atoms with Gasteiger partial charge in [-0.3, -0.25) is 4.79 Å². The van der Waals surface area contributed by atoms with Gasteiger partial charge in [0.1, 0.15) is 5.76 Å². The number of carbonyl (C=O) groups excluding carboxylic acids is 1. The minimum atomic E-state index is 0.133. The van der Waals surface area contributed by atoms with Crippen LogP contribution in [0.4, 0.5) is 0 Å². The van der Waals surface area contributed by atoms with Crippen molar-refractivity contribution in [3.05, 3.63) is 41.3 Å². The molecule has 4 nitrogen and oxygen atoms in total. The molecule has 0 unspecified atom stereocenters. The normalized spacial score (nSPS) is 20.1. The Bertz CT molecular complexity index is 756. The molecule has 0 spiro atoms. The van der Waals surface area contributed by atoms with E-state index in [0.717, 1.165) is 23.4 Å². The maximum Gasteiger partial charge on any atom is 0.230 e. The number of nitrogens with zero attached hydrogens (tertiary/aromatic N) is 1. The Kier molecular flexibility index (Phi) is 6.41. The van der Waals surface area contributed by atoms with Gasteiger partial charge in [-0.15, -0.1) is 11.8 Å². The number of rotatable bonds is 6. The number of aromatic nitrogens is 1. The maximum atomic E-state index is 12.2. The lowest BCUT2D eigenvalue weighted by Gasteiger charge is -2.29. The summed E-state index contributed by atoms with van der Waals surface area (Å²) in [4.78, 5) is 16.8. The monoisotopic (exact) mass is 372 g/mol. The Balaban J connectivity index is 1.51. The van der Waals surface area contributed by atoms with Gasteiger partial charge < -0.3 is 9.73 Å². The van der Waals surface area contributed by atoms with Gasteiger partial charge in [0.05, 0.1) is 11.4 Å². The fraction of sp³-hybridized carbons (Fsp3) is 0.524. The van der Waals surface area contributed by atoms with Crippen molar-refractivity contribution in [2.75, 3.05) is 5.75 Å². The average molecular weight is 373 g/mol. The third kappa shape index (κ3) is 4.91. The highest BCUT2D eigenvalue weighted by Crippen LogP contribution is 2.26. The molecular formula is C21H28N2O2S. The van der Waals surface area contributed by atoms with Crippen molar-refractivity contribution >= 4 is 17.7 Å². The summed E-state index contributed by atoms with van der Waals surface area (Å²) in [7, 11) is 0. The van der Waals surface area contributed by atoms with E-state index in [9.17, 15) is 4.79 Å². The van der Waals surface area contributed by atoms with Gasteiger partial charge in [0.15, 0.2) is 0 Å². The first-order valence-electron chi connectivity index (χ1n) is 9.43. The van der Waals surface area contributed by atoms with Gasteiger partial charge in [0.2, 0.25) is 11.8 Å². The second-order valence-corrected chi connectivity index (χ2v) is 8.31. The molecule has 1 aromatic carbocycles. The molecule has 2 atom stereocenters. The van der Waals surface area contributed by atoms with Gasteiger partial charge in [-0.1, -0.05) is 37.5 Å². The minimum absolute atomic E-state index is 0.133. The molecule has 1 aliphatic carbocycles. The molecule has 26 heavy (non-hydrogen) atoms. The van der Waals surface area contributed by atoms with Gasteiger partial charge in [0, 0.05) is 17.4 Å². The molecule has 1 aliphatic rings. The SMILES string of the molecule is Cc1cccc(-c2nc(CSCC(=O)N[C@H]3CCCC[C@@H]3C)c(C)o2)c1. The molecule has 0 aliphatic heterocycles. The van der Waals surface area contributed by atoms with E-state index in [0.29, 0.717) is 29.4 Å². The first-order chi connectivity index (χ1) is 12.5. The molecule has 0 radical (unpaired) electrons. The summed E-state index contributed by atoms with van der Waals surface area (Å²) in [5.41, 5.74) is 3.10. The lowest BCUT2D eigenvalue weighted by molar-refractivity contribution is -0.119. The highest BCUT2D eigenvalue weighted by atomic mass is 32.2. The van der Waals surface area contributed by atoms with E-state index in [1.165, 1.54) is 24.8 Å². The highest BCUT2D eigenvalue weighted by molar-refractivity contribution is 7.99. The van der Waals surface area contributed by atoms with Crippen LogP contribution in [0.1, 0.15) is 49.6 Å². The van der Waals surface area contributed by atoms with E-state index in [1.807, 2.05) is 19.1 Å². The number of hydrogen-bond donors (Lipinski definition) is 1. The van der Waals surface area contributed by atoms with E-state index in [2.05, 4.69) is 36.3 Å². The summed E-state index contributed by atoms with van der Waals surface area (Å²) < 4.78 is 5.82. The molecule has 2 aromatic rings. The maximum absolute atomic E-state index is 12.2. The van der Waals surface area contributed by atoms with E-state index < -0.39 is 0 Å². The Morgan fingerprint density at radius 1 is 1.31 bits per heavy atom. The minimum Gasteiger partial charge on any atom is -0.441 e. The lowest BCUT2D eigenvalue weighted by atomic mass is 9.86. The zero-order chi connectivity index (χ0) is 18.5. The second-order valence-electron chi connectivity index (χ2n) is 7.32. The topological polar surface area (TPSA) is 55.1 Å². The summed E-state index contributed by atoms with van der Waals surface area (Å²) in [6, 6.07) is 8.49. The van der Waals surface area contributed by atoms with Gasteiger partial charge in [0.25, 0.3) is 0 Å². The molecule has 1 aromatic heterocycles. The molecule has 1 N–H and O–H groups in total. The highest BCUT2D eigenvalue weighted by Gasteiger charge is 2.22. The largest absolute Gasteiger partial charge is 0.441 e. The van der Waals surface area contributed by atoms with Crippen molar-refractivity contribution in [1.29, 1.82) is 0 Å². The molecule has 0 bridgehead atoms. The van der Waals surface area contributed by atoms with Gasteiger partial charge in [-0.05, 0) is 44.7 Å². The van der Waals surface area contributed by atoms with Crippen LogP contribution in [0.5, 0.6) is 0 Å². The zero-order valence-electron chi connectivity index (χ0n) is 15.9. The van der Waals surface area contributed by atoms with Crippen molar-refractivity contribution in [2.24, 2.45) is 5.92 Å². The zero-order valence-corrected chi connectivity index (χ0v) is 16.7. The molecule has 1 fully saturated rings. The Morgan fingerprint density at radius 2 is 2.12 bits per heavy atom. The van der Waals surface area contributed by atoms with Crippen LogP contribution in [-0.2, 0) is 10.5 Å². The number of hydrogen-bond acceptors (Lipinski definition) is 4. The van der Waals surface area contributed by atoms with Gasteiger partial charge in [-0.2, -0.15) is 0 Å². The van der Waals surface area contributed by atoms with Crippen LogP contribution in [0, 0.1) is 19.8 Å². The van der Waals surface area contributed by atoms with E-state index >= 15 is 0 Å². The molecule has 0 saturated heterocycles. The van der Waals surface area contributed by atoms with E-state index in [-0.39, 0.29) is 5.91 Å². The number of aryl methyl sites for hydroxylation is 2. The fourth-order valence-corrected chi connectivity index (χ4v) is 4.32. The molecule has 1 saturated carbocycles. The van der Waals surface area contributed by atoms with Crippen LogP contribution in [0.3, 0.4) is 0 Å². The van der Waals surface area contributed by atoms with Crippen LogP contribution in [0.25, 0.3) is 11.5 Å². The van der Waals surface area contributed by atoms with E-state index in [1.54, 1.807) is 11.8 Å². The summed E-state index contributed by atoms with van der Waals surface area (Å²) in [5, 5.41) is 3.20. The van der Waals surface area contributed by atoms with Crippen LogP contribution in [0.2, 0.25) is 0 Å². The summed E-state index contributed by atoms with van der Waals surface area (Å²) in [6.07, 6.45) is 4.84. The number of thioether (sulfide) groups is 1. The lowest BCUT2D eigenvalue weighted by Crippen LogP contribution is -2.41. The summed E-state index contributed by atoms with van der Waals surface area (Å²) in [6.45, 7) is 6.23. The molecular weight excluding hydrogens is 344 g/mol. The first kappa shape index (κ1) is 19.0. The number of benzene rings is 1. The smallest absolute Gasteiger partial charge is 0.230 e. The van der Waals surface area contributed by atoms with Crippen molar-refractivity contribution < 1.29 is 9.21 Å². The average Bonchev–Trinajstić information content (AvgIpc) is 2.98. The van der Waals surface area contributed by atoms with Gasteiger partial charge >= 0.3 is 0 Å². The number of amides is 1. The number of nitrogens with one attached hydrogen (secondary N) is 1. The molecule has 3 rings (SSSR count). The number of carbonyl (C=O) groups is 1. The van der Waals surface area contributed by atoms with Crippen molar-refractivity contribution in [2.45, 2.75) is 58.2 Å². The Hall–Kier alpha value is -1.75. The Labute approximate surface area is 160 Å². The van der Waals surface area contributed by atoms with Gasteiger partial charge in [-0.25, -0.2) is 4.98 Å². The Morgan fingerprint density at radius 3 is 2.88 bits per heavy atom. The predicted octanol–water partition coefficient (Wildman–Crippen LogP) is 4.89. The molecule has 1 heterocycles. The fourth-order valence-electron chi connectivity index (χ4n) is 3.48.